The van der Waals surface area contributed by atoms with Gasteiger partial charge in [0.1, 0.15) is 0 Å². The third kappa shape index (κ3) is 5.11. The van der Waals surface area contributed by atoms with Gasteiger partial charge in [-0.2, -0.15) is 0 Å². The quantitative estimate of drug-likeness (QED) is 0.168. The number of nitrogens with zero attached hydrogens (tertiary/aromatic N) is 4. The molecule has 0 aliphatic rings. The topological polar surface area (TPSA) is 43.6 Å². The summed E-state index contributed by atoms with van der Waals surface area (Å²) in [6.45, 7) is 0. The zero-order chi connectivity index (χ0) is 36.3. The third-order valence-electron chi connectivity index (χ3n) is 10.8. The van der Waals surface area contributed by atoms with E-state index in [0.717, 1.165) is 33.5 Å². The number of para-hydroxylation sites is 1. The van der Waals surface area contributed by atoms with Crippen molar-refractivity contribution in [2.45, 2.75) is 0 Å². The predicted octanol–water partition coefficient (Wildman–Crippen LogP) is 13.1. The Balaban J connectivity index is 1.11. The Bertz CT molecular complexity index is 3240. The maximum absolute atomic E-state index is 5.10. The van der Waals surface area contributed by atoms with Crippen LogP contribution >= 0.6 is 0 Å². The smallest absolute Gasteiger partial charge is 0.164 e. The van der Waals surface area contributed by atoms with Gasteiger partial charge in [0.05, 0.1) is 11.0 Å². The Hall–Kier alpha value is -7.43. The average Bonchev–Trinajstić information content (AvgIpc) is 3.62. The molecule has 256 valence electrons. The molecular weight excluding hydrogens is 669 g/mol. The molecule has 9 aromatic carbocycles. The molecule has 0 N–H and O–H groups in total. The third-order valence-corrected chi connectivity index (χ3v) is 10.8. The fourth-order valence-corrected chi connectivity index (χ4v) is 8.28. The molecule has 0 bridgehead atoms. The standard InChI is InChI=1S/C51H32N4/c1-3-14-33(15-4-1)37-19-13-20-38(32-37)51-53-49(35-17-5-2-6-18-35)52-50(54-51)36-26-29-39(30-27-36)55-45-25-12-11-24-44(45)47-46-40-21-8-7-16-34(40)28-31-42(46)41-22-9-10-23-43(41)48(47)55/h1-32H. The maximum Gasteiger partial charge on any atom is 0.164 e. The van der Waals surface area contributed by atoms with Gasteiger partial charge in [-0.05, 0) is 69.1 Å². The molecule has 0 atom stereocenters. The van der Waals surface area contributed by atoms with Crippen LogP contribution in [0.1, 0.15) is 0 Å². The van der Waals surface area contributed by atoms with E-state index in [1.54, 1.807) is 0 Å². The summed E-state index contributed by atoms with van der Waals surface area (Å²) in [5.41, 5.74) is 8.53. The molecule has 2 aromatic heterocycles. The van der Waals surface area contributed by atoms with Crippen LogP contribution in [0.25, 0.3) is 105 Å². The molecule has 11 aromatic rings. The molecular formula is C51H32N4. The van der Waals surface area contributed by atoms with E-state index in [4.69, 9.17) is 15.0 Å². The molecule has 0 radical (unpaired) electrons. The van der Waals surface area contributed by atoms with Crippen molar-refractivity contribution in [3.05, 3.63) is 194 Å². The highest BCUT2D eigenvalue weighted by molar-refractivity contribution is 6.36. The van der Waals surface area contributed by atoms with Gasteiger partial charge in [0.15, 0.2) is 17.5 Å². The first-order chi connectivity index (χ1) is 27.3. The normalized spacial score (nSPS) is 11.6. The van der Waals surface area contributed by atoms with Gasteiger partial charge in [-0.15, -0.1) is 0 Å². The first-order valence-electron chi connectivity index (χ1n) is 18.6. The van der Waals surface area contributed by atoms with E-state index >= 15 is 0 Å². The number of fused-ring (bicyclic) bond motifs is 10. The monoisotopic (exact) mass is 700 g/mol. The van der Waals surface area contributed by atoms with Crippen LogP contribution in [0.15, 0.2) is 194 Å². The van der Waals surface area contributed by atoms with E-state index in [1.165, 1.54) is 54.1 Å². The number of aromatic nitrogens is 4. The van der Waals surface area contributed by atoms with E-state index in [1.807, 2.05) is 36.4 Å². The summed E-state index contributed by atoms with van der Waals surface area (Å²) >= 11 is 0. The summed E-state index contributed by atoms with van der Waals surface area (Å²) in [4.78, 5) is 15.2. The molecule has 0 saturated carbocycles. The van der Waals surface area contributed by atoms with E-state index in [2.05, 4.69) is 162 Å². The van der Waals surface area contributed by atoms with Crippen molar-refractivity contribution in [3.63, 3.8) is 0 Å². The van der Waals surface area contributed by atoms with Crippen molar-refractivity contribution in [3.8, 4) is 51.0 Å². The molecule has 0 aliphatic carbocycles. The van der Waals surface area contributed by atoms with E-state index < -0.39 is 0 Å². The van der Waals surface area contributed by atoms with Crippen molar-refractivity contribution in [2.75, 3.05) is 0 Å². The van der Waals surface area contributed by atoms with Crippen LogP contribution < -0.4 is 0 Å². The van der Waals surface area contributed by atoms with Gasteiger partial charge >= 0.3 is 0 Å². The van der Waals surface area contributed by atoms with Crippen molar-refractivity contribution in [1.29, 1.82) is 0 Å². The average molecular weight is 701 g/mol. The zero-order valence-corrected chi connectivity index (χ0v) is 29.8. The largest absolute Gasteiger partial charge is 0.309 e. The van der Waals surface area contributed by atoms with E-state index in [9.17, 15) is 0 Å². The highest BCUT2D eigenvalue weighted by atomic mass is 15.0. The van der Waals surface area contributed by atoms with Gasteiger partial charge in [0.25, 0.3) is 0 Å². The van der Waals surface area contributed by atoms with Crippen LogP contribution in [-0.2, 0) is 0 Å². The molecule has 55 heavy (non-hydrogen) atoms. The molecule has 2 heterocycles. The second-order valence-electron chi connectivity index (χ2n) is 14.0. The summed E-state index contributed by atoms with van der Waals surface area (Å²) in [7, 11) is 0. The fourth-order valence-electron chi connectivity index (χ4n) is 8.28. The molecule has 0 spiro atoms. The van der Waals surface area contributed by atoms with Gasteiger partial charge in [0.2, 0.25) is 0 Å². The Morgan fingerprint density at radius 3 is 1.60 bits per heavy atom. The fraction of sp³-hybridized carbons (Fsp3) is 0. The van der Waals surface area contributed by atoms with E-state index in [-0.39, 0.29) is 0 Å². The second kappa shape index (κ2) is 12.6. The number of rotatable bonds is 5. The molecule has 4 heteroatoms. The highest BCUT2D eigenvalue weighted by Crippen LogP contribution is 2.44. The van der Waals surface area contributed by atoms with Gasteiger partial charge in [-0.25, -0.2) is 15.0 Å². The van der Waals surface area contributed by atoms with Gasteiger partial charge in [0, 0.05) is 43.9 Å². The molecule has 4 nitrogen and oxygen atoms in total. The summed E-state index contributed by atoms with van der Waals surface area (Å²) in [5, 5.41) is 10.1. The minimum atomic E-state index is 0.630. The lowest BCUT2D eigenvalue weighted by Gasteiger charge is -2.14. The van der Waals surface area contributed by atoms with Gasteiger partial charge < -0.3 is 4.57 Å². The van der Waals surface area contributed by atoms with E-state index in [0.29, 0.717) is 17.5 Å². The van der Waals surface area contributed by atoms with Crippen molar-refractivity contribution in [2.24, 2.45) is 0 Å². The summed E-state index contributed by atoms with van der Waals surface area (Å²) < 4.78 is 2.43. The Morgan fingerprint density at radius 2 is 0.855 bits per heavy atom. The first-order valence-corrected chi connectivity index (χ1v) is 18.6. The lowest BCUT2D eigenvalue weighted by molar-refractivity contribution is 1.07. The minimum absolute atomic E-state index is 0.630. The maximum atomic E-state index is 5.10. The molecule has 0 amide bonds. The SMILES string of the molecule is c1ccc(-c2cccc(-c3nc(-c4ccccc4)nc(-c4ccc(-n5c6ccccc6c6c7c8ccccc8ccc7c7ccccc7c65)cc4)n3)c2)cc1. The van der Waals surface area contributed by atoms with Crippen LogP contribution in [0.2, 0.25) is 0 Å². The van der Waals surface area contributed by atoms with Crippen molar-refractivity contribution in [1.82, 2.24) is 19.5 Å². The Kier molecular flexibility index (Phi) is 7.14. The van der Waals surface area contributed by atoms with Crippen molar-refractivity contribution < 1.29 is 0 Å². The van der Waals surface area contributed by atoms with Crippen LogP contribution in [0, 0.1) is 0 Å². The predicted molar refractivity (Wildman–Crippen MR) is 228 cm³/mol. The second-order valence-corrected chi connectivity index (χ2v) is 14.0. The van der Waals surface area contributed by atoms with Crippen LogP contribution in [0.4, 0.5) is 0 Å². The Morgan fingerprint density at radius 1 is 0.309 bits per heavy atom. The molecule has 11 rings (SSSR count). The summed E-state index contributed by atoms with van der Waals surface area (Å²) in [6, 6.07) is 68.6. The molecule has 0 unspecified atom stereocenters. The number of hydrogen-bond donors (Lipinski definition) is 0. The lowest BCUT2D eigenvalue weighted by atomic mass is 9.93. The lowest BCUT2D eigenvalue weighted by Crippen LogP contribution is -2.01. The van der Waals surface area contributed by atoms with Crippen LogP contribution in [0.5, 0.6) is 0 Å². The molecule has 0 saturated heterocycles. The number of benzene rings is 9. The first kappa shape index (κ1) is 31.1. The number of hydrogen-bond acceptors (Lipinski definition) is 3. The summed E-state index contributed by atoms with van der Waals surface area (Å²) in [5.74, 6) is 1.91. The van der Waals surface area contributed by atoms with Crippen molar-refractivity contribution >= 4 is 54.1 Å². The minimum Gasteiger partial charge on any atom is -0.309 e. The van der Waals surface area contributed by atoms with Gasteiger partial charge in [-0.3, -0.25) is 0 Å². The van der Waals surface area contributed by atoms with Crippen LogP contribution in [-0.4, -0.2) is 19.5 Å². The highest BCUT2D eigenvalue weighted by Gasteiger charge is 2.20. The Labute approximate surface area is 317 Å². The van der Waals surface area contributed by atoms with Crippen LogP contribution in [0.3, 0.4) is 0 Å². The molecule has 0 fully saturated rings. The summed E-state index contributed by atoms with van der Waals surface area (Å²) in [6.07, 6.45) is 0. The van der Waals surface area contributed by atoms with Gasteiger partial charge in [-0.1, -0.05) is 158 Å². The zero-order valence-electron chi connectivity index (χ0n) is 29.8. The molecule has 0 aliphatic heterocycles.